The summed E-state index contributed by atoms with van der Waals surface area (Å²) in [7, 11) is 1.80. The summed E-state index contributed by atoms with van der Waals surface area (Å²) in [5, 5.41) is 6.14. The van der Waals surface area contributed by atoms with Gasteiger partial charge in [-0.2, -0.15) is 4.98 Å². The number of hydrogen-bond donors (Lipinski definition) is 2. The molecule has 0 bridgehead atoms. The Morgan fingerprint density at radius 2 is 2.12 bits per heavy atom. The van der Waals surface area contributed by atoms with Crippen LogP contribution in [0, 0.1) is 13.8 Å². The molecule has 5 nitrogen and oxygen atoms in total. The van der Waals surface area contributed by atoms with E-state index in [0.717, 1.165) is 22.9 Å². The van der Waals surface area contributed by atoms with E-state index < -0.39 is 0 Å². The molecule has 2 N–H and O–H groups in total. The molecule has 2 rings (SSSR count). The zero-order valence-corrected chi connectivity index (χ0v) is 10.2. The summed E-state index contributed by atoms with van der Waals surface area (Å²) < 4.78 is 5.48. The number of aryl methyl sites for hydroxylation is 2. The summed E-state index contributed by atoms with van der Waals surface area (Å²) in [6.07, 6.45) is 1.79. The molecule has 0 spiro atoms. The van der Waals surface area contributed by atoms with Crippen molar-refractivity contribution in [1.82, 2.24) is 9.97 Å². The van der Waals surface area contributed by atoms with Crippen LogP contribution < -0.4 is 10.6 Å². The third-order valence-corrected chi connectivity index (χ3v) is 2.42. The van der Waals surface area contributed by atoms with Crippen molar-refractivity contribution in [2.24, 2.45) is 0 Å². The molecule has 0 aliphatic heterocycles. The smallest absolute Gasteiger partial charge is 0.224 e. The van der Waals surface area contributed by atoms with E-state index in [9.17, 15) is 0 Å². The van der Waals surface area contributed by atoms with Gasteiger partial charge in [-0.25, -0.2) is 4.98 Å². The maximum Gasteiger partial charge on any atom is 0.224 e. The predicted molar refractivity (Wildman–Crippen MR) is 67.1 cm³/mol. The van der Waals surface area contributed by atoms with Crippen LogP contribution in [0.5, 0.6) is 0 Å². The van der Waals surface area contributed by atoms with Crippen molar-refractivity contribution >= 4 is 11.8 Å². The van der Waals surface area contributed by atoms with Crippen molar-refractivity contribution in [2.45, 2.75) is 20.4 Å². The summed E-state index contributed by atoms with van der Waals surface area (Å²) in [6, 6.07) is 3.90. The number of nitrogens with zero attached hydrogens (tertiary/aromatic N) is 2. The molecule has 90 valence electrons. The zero-order valence-electron chi connectivity index (χ0n) is 10.2. The quantitative estimate of drug-likeness (QED) is 0.847. The Bertz CT molecular complexity index is 507. The first kappa shape index (κ1) is 11.4. The number of nitrogens with one attached hydrogen (secondary N) is 2. The van der Waals surface area contributed by atoms with Crippen LogP contribution in [0.1, 0.15) is 17.1 Å². The fraction of sp³-hybridized carbons (Fsp3) is 0.333. The molecule has 2 aromatic heterocycles. The third kappa shape index (κ3) is 2.75. The van der Waals surface area contributed by atoms with Crippen molar-refractivity contribution in [1.29, 1.82) is 0 Å². The van der Waals surface area contributed by atoms with Gasteiger partial charge in [0, 0.05) is 18.8 Å². The Balaban J connectivity index is 2.07. The standard InChI is InChI=1S/C12H16N4O/c1-8-6-15-12(13-3)16-11(8)14-7-10-5-4-9(2)17-10/h4-6H,7H2,1-3H3,(H2,13,14,15,16). The number of hydrogen-bond acceptors (Lipinski definition) is 5. The second kappa shape index (κ2) is 4.86. The molecule has 17 heavy (non-hydrogen) atoms. The molecule has 0 saturated carbocycles. The lowest BCUT2D eigenvalue weighted by atomic mass is 10.3. The molecule has 0 aliphatic rings. The SMILES string of the molecule is CNc1ncc(C)c(NCc2ccc(C)o2)n1. The van der Waals surface area contributed by atoms with E-state index >= 15 is 0 Å². The fourth-order valence-electron chi connectivity index (χ4n) is 1.49. The first-order valence-electron chi connectivity index (χ1n) is 5.49. The fourth-order valence-corrected chi connectivity index (χ4v) is 1.49. The van der Waals surface area contributed by atoms with Crippen molar-refractivity contribution in [3.8, 4) is 0 Å². The van der Waals surface area contributed by atoms with Crippen LogP contribution in [0.2, 0.25) is 0 Å². The third-order valence-electron chi connectivity index (χ3n) is 2.42. The molecule has 0 fully saturated rings. The highest BCUT2D eigenvalue weighted by molar-refractivity contribution is 5.46. The monoisotopic (exact) mass is 232 g/mol. The number of aromatic nitrogens is 2. The minimum Gasteiger partial charge on any atom is -0.465 e. The van der Waals surface area contributed by atoms with Gasteiger partial charge >= 0.3 is 0 Å². The molecule has 2 heterocycles. The lowest BCUT2D eigenvalue weighted by Gasteiger charge is -2.08. The molecule has 5 heteroatoms. The van der Waals surface area contributed by atoms with Gasteiger partial charge in [-0.15, -0.1) is 0 Å². The summed E-state index contributed by atoms with van der Waals surface area (Å²) in [4.78, 5) is 8.47. The molecule has 2 aromatic rings. The van der Waals surface area contributed by atoms with Gasteiger partial charge in [0.05, 0.1) is 6.54 Å². The summed E-state index contributed by atoms with van der Waals surface area (Å²) >= 11 is 0. The average Bonchev–Trinajstić information content (AvgIpc) is 2.74. The van der Waals surface area contributed by atoms with Crippen LogP contribution in [-0.2, 0) is 6.54 Å². The Kier molecular flexibility index (Phi) is 3.27. The molecule has 0 aliphatic carbocycles. The predicted octanol–water partition coefficient (Wildman–Crippen LogP) is 2.34. The Morgan fingerprint density at radius 3 is 2.76 bits per heavy atom. The van der Waals surface area contributed by atoms with Crippen molar-refractivity contribution in [3.05, 3.63) is 35.4 Å². The van der Waals surface area contributed by atoms with Crippen LogP contribution in [-0.4, -0.2) is 17.0 Å². The van der Waals surface area contributed by atoms with Crippen LogP contribution >= 0.6 is 0 Å². The van der Waals surface area contributed by atoms with Crippen molar-refractivity contribution in [2.75, 3.05) is 17.7 Å². The summed E-state index contributed by atoms with van der Waals surface area (Å²) in [5.74, 6) is 3.23. The normalized spacial score (nSPS) is 10.3. The largest absolute Gasteiger partial charge is 0.465 e. The second-order valence-electron chi connectivity index (χ2n) is 3.84. The zero-order chi connectivity index (χ0) is 12.3. The van der Waals surface area contributed by atoms with Gasteiger partial charge < -0.3 is 15.1 Å². The molecule has 0 radical (unpaired) electrons. The van der Waals surface area contributed by atoms with E-state index in [1.54, 1.807) is 13.2 Å². The highest BCUT2D eigenvalue weighted by Gasteiger charge is 2.04. The lowest BCUT2D eigenvalue weighted by Crippen LogP contribution is -2.05. The van der Waals surface area contributed by atoms with E-state index in [0.29, 0.717) is 12.5 Å². The first-order valence-corrected chi connectivity index (χ1v) is 5.49. The maximum absolute atomic E-state index is 5.48. The van der Waals surface area contributed by atoms with E-state index in [4.69, 9.17) is 4.42 Å². The van der Waals surface area contributed by atoms with Crippen molar-refractivity contribution < 1.29 is 4.42 Å². The molecule has 0 atom stereocenters. The molecule has 0 aromatic carbocycles. The van der Waals surface area contributed by atoms with E-state index in [-0.39, 0.29) is 0 Å². The first-order chi connectivity index (χ1) is 8.19. The molecular weight excluding hydrogens is 216 g/mol. The summed E-state index contributed by atoms with van der Waals surface area (Å²) in [6.45, 7) is 4.52. The minimum atomic E-state index is 0.605. The van der Waals surface area contributed by atoms with E-state index in [1.165, 1.54) is 0 Å². The Labute approximate surface area is 100 Å². The van der Waals surface area contributed by atoms with Gasteiger partial charge in [0.2, 0.25) is 5.95 Å². The topological polar surface area (TPSA) is 63.0 Å². The number of anilines is 2. The summed E-state index contributed by atoms with van der Waals surface area (Å²) in [5.41, 5.74) is 1.01. The van der Waals surface area contributed by atoms with Crippen LogP contribution in [0.15, 0.2) is 22.7 Å². The van der Waals surface area contributed by atoms with Crippen LogP contribution in [0.4, 0.5) is 11.8 Å². The Morgan fingerprint density at radius 1 is 1.29 bits per heavy atom. The molecule has 0 amide bonds. The van der Waals surface area contributed by atoms with Gasteiger partial charge in [-0.3, -0.25) is 0 Å². The highest BCUT2D eigenvalue weighted by atomic mass is 16.3. The molecule has 0 unspecified atom stereocenters. The lowest BCUT2D eigenvalue weighted by molar-refractivity contribution is 0.490. The van der Waals surface area contributed by atoms with Crippen LogP contribution in [0.3, 0.4) is 0 Å². The maximum atomic E-state index is 5.48. The van der Waals surface area contributed by atoms with Gasteiger partial charge in [0.25, 0.3) is 0 Å². The van der Waals surface area contributed by atoms with Gasteiger partial charge in [0.15, 0.2) is 0 Å². The Hall–Kier alpha value is -2.04. The molecular formula is C12H16N4O. The second-order valence-corrected chi connectivity index (χ2v) is 3.84. The highest BCUT2D eigenvalue weighted by Crippen LogP contribution is 2.14. The molecule has 0 saturated heterocycles. The average molecular weight is 232 g/mol. The van der Waals surface area contributed by atoms with Gasteiger partial charge in [-0.05, 0) is 26.0 Å². The minimum absolute atomic E-state index is 0.605. The van der Waals surface area contributed by atoms with Crippen molar-refractivity contribution in [3.63, 3.8) is 0 Å². The number of furan rings is 1. The van der Waals surface area contributed by atoms with Crippen LogP contribution in [0.25, 0.3) is 0 Å². The van der Waals surface area contributed by atoms with E-state index in [1.807, 2.05) is 26.0 Å². The van der Waals surface area contributed by atoms with E-state index in [2.05, 4.69) is 20.6 Å². The number of rotatable bonds is 4. The van der Waals surface area contributed by atoms with Gasteiger partial charge in [-0.1, -0.05) is 0 Å². The van der Waals surface area contributed by atoms with Gasteiger partial charge in [0.1, 0.15) is 17.3 Å².